The number of carbonyl (C=O) groups is 1. The van der Waals surface area contributed by atoms with Crippen molar-refractivity contribution >= 4 is 5.91 Å². The maximum absolute atomic E-state index is 11.7. The number of aryl methyl sites for hydroxylation is 1. The molecule has 1 amide bonds. The molecule has 1 aromatic heterocycles. The predicted molar refractivity (Wildman–Crippen MR) is 86.1 cm³/mol. The van der Waals surface area contributed by atoms with Crippen LogP contribution in [0.5, 0.6) is 5.75 Å². The number of ether oxygens (including phenoxy) is 1. The molecule has 124 valence electrons. The topological polar surface area (TPSA) is 84.6 Å². The number of nitrogens with one attached hydrogen (secondary N) is 1. The Morgan fingerprint density at radius 2 is 2.13 bits per heavy atom. The summed E-state index contributed by atoms with van der Waals surface area (Å²) >= 11 is 0. The number of carbonyl (C=O) groups excluding carboxylic acids is 1. The van der Waals surface area contributed by atoms with Gasteiger partial charge in [-0.05, 0) is 30.2 Å². The molecule has 6 heteroatoms. The minimum absolute atomic E-state index is 0.0577. The van der Waals surface area contributed by atoms with Crippen LogP contribution in [-0.2, 0) is 11.2 Å². The van der Waals surface area contributed by atoms with E-state index in [-0.39, 0.29) is 18.4 Å². The van der Waals surface area contributed by atoms with E-state index in [0.29, 0.717) is 31.0 Å². The van der Waals surface area contributed by atoms with Gasteiger partial charge in [-0.1, -0.05) is 6.92 Å². The molecule has 1 aromatic carbocycles. The SMILES string of the molecule is COc1ccc(-c2cnc(CCC(=O)NCC(C)CO)o2)cc1. The first-order valence-electron chi connectivity index (χ1n) is 7.59. The Balaban J connectivity index is 1.85. The lowest BCUT2D eigenvalue weighted by atomic mass is 10.2. The summed E-state index contributed by atoms with van der Waals surface area (Å²) in [5, 5.41) is 11.7. The molecule has 0 bridgehead atoms. The Morgan fingerprint density at radius 1 is 1.39 bits per heavy atom. The normalized spacial score (nSPS) is 12.0. The smallest absolute Gasteiger partial charge is 0.220 e. The number of aromatic nitrogens is 1. The zero-order valence-corrected chi connectivity index (χ0v) is 13.4. The molecule has 0 fully saturated rings. The van der Waals surface area contributed by atoms with E-state index in [1.807, 2.05) is 31.2 Å². The summed E-state index contributed by atoms with van der Waals surface area (Å²) in [6.45, 7) is 2.40. The molecule has 0 spiro atoms. The molecule has 2 N–H and O–H groups in total. The third-order valence-electron chi connectivity index (χ3n) is 3.45. The zero-order chi connectivity index (χ0) is 16.7. The summed E-state index contributed by atoms with van der Waals surface area (Å²) in [4.78, 5) is 15.9. The largest absolute Gasteiger partial charge is 0.497 e. The van der Waals surface area contributed by atoms with Crippen molar-refractivity contribution in [3.05, 3.63) is 36.4 Å². The van der Waals surface area contributed by atoms with Gasteiger partial charge in [0.05, 0.1) is 13.3 Å². The highest BCUT2D eigenvalue weighted by atomic mass is 16.5. The Labute approximate surface area is 135 Å². The highest BCUT2D eigenvalue weighted by molar-refractivity contribution is 5.76. The minimum Gasteiger partial charge on any atom is -0.497 e. The molecule has 0 saturated heterocycles. The fraction of sp³-hybridized carbons (Fsp3) is 0.412. The van der Waals surface area contributed by atoms with Gasteiger partial charge in [-0.2, -0.15) is 0 Å². The van der Waals surface area contributed by atoms with Gasteiger partial charge in [0.15, 0.2) is 11.7 Å². The van der Waals surface area contributed by atoms with Crippen LogP contribution in [0.15, 0.2) is 34.9 Å². The van der Waals surface area contributed by atoms with Gasteiger partial charge in [0.2, 0.25) is 5.91 Å². The fourth-order valence-electron chi connectivity index (χ4n) is 1.98. The van der Waals surface area contributed by atoms with E-state index in [4.69, 9.17) is 14.3 Å². The van der Waals surface area contributed by atoms with E-state index < -0.39 is 0 Å². The Morgan fingerprint density at radius 3 is 2.78 bits per heavy atom. The van der Waals surface area contributed by atoms with Gasteiger partial charge in [0.25, 0.3) is 0 Å². The van der Waals surface area contributed by atoms with Crippen LogP contribution < -0.4 is 10.1 Å². The number of hydrogen-bond acceptors (Lipinski definition) is 5. The first-order valence-corrected chi connectivity index (χ1v) is 7.59. The van der Waals surface area contributed by atoms with Gasteiger partial charge in [-0.25, -0.2) is 4.98 Å². The van der Waals surface area contributed by atoms with Gasteiger partial charge in [0.1, 0.15) is 5.75 Å². The van der Waals surface area contributed by atoms with E-state index in [1.54, 1.807) is 13.3 Å². The predicted octanol–water partition coefficient (Wildman–Crippen LogP) is 2.03. The van der Waals surface area contributed by atoms with E-state index in [1.165, 1.54) is 0 Å². The number of methoxy groups -OCH3 is 1. The molecule has 1 heterocycles. The van der Waals surface area contributed by atoms with Gasteiger partial charge >= 0.3 is 0 Å². The van der Waals surface area contributed by atoms with E-state index in [9.17, 15) is 4.79 Å². The lowest BCUT2D eigenvalue weighted by molar-refractivity contribution is -0.121. The third kappa shape index (κ3) is 5.10. The Hall–Kier alpha value is -2.34. The molecule has 6 nitrogen and oxygen atoms in total. The van der Waals surface area contributed by atoms with Crippen molar-refractivity contribution in [2.24, 2.45) is 5.92 Å². The number of aliphatic hydroxyl groups is 1. The molecule has 2 rings (SSSR count). The number of rotatable bonds is 8. The van der Waals surface area contributed by atoms with Crippen molar-refractivity contribution in [1.29, 1.82) is 0 Å². The van der Waals surface area contributed by atoms with Crippen LogP contribution in [0.3, 0.4) is 0 Å². The molecule has 0 aliphatic rings. The average molecular weight is 318 g/mol. The van der Waals surface area contributed by atoms with Crippen LogP contribution in [0, 0.1) is 5.92 Å². The lowest BCUT2D eigenvalue weighted by Crippen LogP contribution is -2.29. The van der Waals surface area contributed by atoms with E-state index in [2.05, 4.69) is 10.3 Å². The van der Waals surface area contributed by atoms with Gasteiger partial charge < -0.3 is 19.6 Å². The third-order valence-corrected chi connectivity index (χ3v) is 3.45. The summed E-state index contributed by atoms with van der Waals surface area (Å²) in [5.41, 5.74) is 0.908. The quantitative estimate of drug-likeness (QED) is 0.778. The maximum Gasteiger partial charge on any atom is 0.220 e. The van der Waals surface area contributed by atoms with Crippen molar-refractivity contribution < 1.29 is 19.1 Å². The van der Waals surface area contributed by atoms with Crippen molar-refractivity contribution in [3.63, 3.8) is 0 Å². The number of benzene rings is 1. The summed E-state index contributed by atoms with van der Waals surface area (Å²) in [5.74, 6) is 1.96. The summed E-state index contributed by atoms with van der Waals surface area (Å²) in [7, 11) is 1.62. The van der Waals surface area contributed by atoms with Gasteiger partial charge in [-0.15, -0.1) is 0 Å². The van der Waals surface area contributed by atoms with E-state index >= 15 is 0 Å². The molecular formula is C17H22N2O4. The highest BCUT2D eigenvalue weighted by Crippen LogP contribution is 2.23. The van der Waals surface area contributed by atoms with Crippen LogP contribution in [-0.4, -0.2) is 36.3 Å². The molecule has 0 aliphatic heterocycles. The van der Waals surface area contributed by atoms with Crippen molar-refractivity contribution in [2.75, 3.05) is 20.3 Å². The molecule has 1 unspecified atom stereocenters. The Bertz CT molecular complexity index is 622. The first kappa shape index (κ1) is 17.0. The van der Waals surface area contributed by atoms with Crippen molar-refractivity contribution in [3.8, 4) is 17.1 Å². The van der Waals surface area contributed by atoms with Crippen LogP contribution in [0.1, 0.15) is 19.2 Å². The summed E-state index contributed by atoms with van der Waals surface area (Å²) in [6.07, 6.45) is 2.40. The van der Waals surface area contributed by atoms with Crippen LogP contribution >= 0.6 is 0 Å². The highest BCUT2D eigenvalue weighted by Gasteiger charge is 2.10. The molecule has 2 aromatic rings. The number of aliphatic hydroxyl groups excluding tert-OH is 1. The second kappa shape index (κ2) is 8.33. The monoisotopic (exact) mass is 318 g/mol. The number of amides is 1. The van der Waals surface area contributed by atoms with Crippen LogP contribution in [0.4, 0.5) is 0 Å². The van der Waals surface area contributed by atoms with Crippen molar-refractivity contribution in [1.82, 2.24) is 10.3 Å². The van der Waals surface area contributed by atoms with Gasteiger partial charge in [-0.3, -0.25) is 4.79 Å². The van der Waals surface area contributed by atoms with Crippen molar-refractivity contribution in [2.45, 2.75) is 19.8 Å². The van der Waals surface area contributed by atoms with E-state index in [0.717, 1.165) is 11.3 Å². The molecule has 0 radical (unpaired) electrons. The van der Waals surface area contributed by atoms with Crippen LogP contribution in [0.2, 0.25) is 0 Å². The second-order valence-corrected chi connectivity index (χ2v) is 5.44. The maximum atomic E-state index is 11.7. The zero-order valence-electron chi connectivity index (χ0n) is 13.4. The lowest BCUT2D eigenvalue weighted by Gasteiger charge is -2.08. The fourth-order valence-corrected chi connectivity index (χ4v) is 1.98. The summed E-state index contributed by atoms with van der Waals surface area (Å²) < 4.78 is 10.8. The number of hydrogen-bond donors (Lipinski definition) is 2. The number of nitrogens with zero attached hydrogens (tertiary/aromatic N) is 1. The molecular weight excluding hydrogens is 296 g/mol. The molecule has 0 saturated carbocycles. The summed E-state index contributed by atoms with van der Waals surface area (Å²) in [6, 6.07) is 7.50. The Kier molecular flexibility index (Phi) is 6.17. The second-order valence-electron chi connectivity index (χ2n) is 5.44. The standard InChI is InChI=1S/C17H22N2O4/c1-12(11-20)9-18-16(21)7-8-17-19-10-15(23-17)13-3-5-14(22-2)6-4-13/h3-6,10,12,20H,7-9,11H2,1-2H3,(H,18,21). The number of oxazole rings is 1. The average Bonchev–Trinajstić information content (AvgIpc) is 3.06. The molecule has 0 aliphatic carbocycles. The van der Waals surface area contributed by atoms with Crippen LogP contribution in [0.25, 0.3) is 11.3 Å². The first-order chi connectivity index (χ1) is 11.1. The molecule has 23 heavy (non-hydrogen) atoms. The minimum atomic E-state index is -0.0745. The molecule has 1 atom stereocenters. The van der Waals surface area contributed by atoms with Gasteiger partial charge in [0, 0.05) is 31.6 Å².